The van der Waals surface area contributed by atoms with Gasteiger partial charge in [-0.15, -0.1) is 11.8 Å². The highest BCUT2D eigenvalue weighted by molar-refractivity contribution is 7.98. The normalized spacial score (nSPS) is 24.5. The van der Waals surface area contributed by atoms with Crippen LogP contribution in [0.4, 0.5) is 4.79 Å². The van der Waals surface area contributed by atoms with E-state index in [2.05, 4.69) is 4.90 Å². The maximum absolute atomic E-state index is 13.7. The maximum Gasteiger partial charge on any atom is 0.411 e. The lowest BCUT2D eigenvalue weighted by molar-refractivity contribution is -0.135. The number of benzene rings is 1. The van der Waals surface area contributed by atoms with Crippen molar-refractivity contribution in [2.45, 2.75) is 81.6 Å². The van der Waals surface area contributed by atoms with E-state index >= 15 is 0 Å². The van der Waals surface area contributed by atoms with Gasteiger partial charge < -0.3 is 14.4 Å². The molecule has 3 fully saturated rings. The molecule has 0 aromatic heterocycles. The van der Waals surface area contributed by atoms with E-state index < -0.39 is 17.7 Å². The monoisotopic (exact) mass is 489 g/mol. The Morgan fingerprint density at radius 2 is 1.74 bits per heavy atom. The molecule has 1 aromatic carbocycles. The van der Waals surface area contributed by atoms with Crippen molar-refractivity contribution in [3.05, 3.63) is 24.3 Å². The summed E-state index contributed by atoms with van der Waals surface area (Å²) in [4.78, 5) is 34.0. The molecular formula is C26H39N3O4S. The van der Waals surface area contributed by atoms with Crippen LogP contribution in [0.5, 0.6) is 5.75 Å². The summed E-state index contributed by atoms with van der Waals surface area (Å²) in [6, 6.07) is 8.07. The minimum absolute atomic E-state index is 0.0187. The Bertz CT molecular complexity index is 853. The summed E-state index contributed by atoms with van der Waals surface area (Å²) >= 11 is 1.68. The van der Waals surface area contributed by atoms with Crippen LogP contribution in [-0.2, 0) is 9.53 Å². The van der Waals surface area contributed by atoms with Gasteiger partial charge in [0.1, 0.15) is 23.5 Å². The molecule has 2 amide bonds. The van der Waals surface area contributed by atoms with Crippen molar-refractivity contribution >= 4 is 23.8 Å². The number of rotatable bonds is 5. The third-order valence-electron chi connectivity index (χ3n) is 6.97. The van der Waals surface area contributed by atoms with Crippen molar-refractivity contribution in [3.63, 3.8) is 0 Å². The maximum atomic E-state index is 13.7. The summed E-state index contributed by atoms with van der Waals surface area (Å²) < 4.78 is 11.9. The van der Waals surface area contributed by atoms with Crippen molar-refractivity contribution in [1.82, 2.24) is 14.7 Å². The highest BCUT2D eigenvalue weighted by atomic mass is 32.2. The molecular weight excluding hydrogens is 450 g/mol. The minimum Gasteiger partial charge on any atom is -0.488 e. The summed E-state index contributed by atoms with van der Waals surface area (Å²) in [5.41, 5.74) is -0.622. The van der Waals surface area contributed by atoms with Crippen LogP contribution >= 0.6 is 11.8 Å². The van der Waals surface area contributed by atoms with Crippen molar-refractivity contribution in [1.29, 1.82) is 0 Å². The van der Waals surface area contributed by atoms with Crippen LogP contribution in [0.25, 0.3) is 0 Å². The highest BCUT2D eigenvalue weighted by Crippen LogP contribution is 2.29. The van der Waals surface area contributed by atoms with Gasteiger partial charge in [-0.3, -0.25) is 14.6 Å². The Labute approximate surface area is 208 Å². The van der Waals surface area contributed by atoms with E-state index in [9.17, 15) is 9.59 Å². The predicted octanol–water partition coefficient (Wildman–Crippen LogP) is 4.25. The number of ether oxygens (including phenoxy) is 2. The Morgan fingerprint density at radius 3 is 2.35 bits per heavy atom. The number of likely N-dealkylation sites (tertiary alicyclic amines) is 1. The molecule has 8 heteroatoms. The van der Waals surface area contributed by atoms with Crippen LogP contribution in [0.1, 0.15) is 52.9 Å². The molecule has 1 saturated carbocycles. The zero-order chi connectivity index (χ0) is 24.3. The average molecular weight is 490 g/mol. The fraction of sp³-hybridized carbons (Fsp3) is 0.692. The van der Waals surface area contributed by atoms with Crippen LogP contribution in [0, 0.1) is 0 Å². The molecule has 1 unspecified atom stereocenters. The number of carbonyl (C=O) groups excluding carboxylic acids is 2. The van der Waals surface area contributed by atoms with Gasteiger partial charge in [0.25, 0.3) is 0 Å². The molecule has 2 saturated heterocycles. The molecule has 34 heavy (non-hydrogen) atoms. The van der Waals surface area contributed by atoms with Crippen molar-refractivity contribution in [2.75, 3.05) is 39.0 Å². The van der Waals surface area contributed by atoms with Crippen molar-refractivity contribution in [3.8, 4) is 5.75 Å². The standard InChI is InChI=1S/C26H39N3O4S/c1-26(2,3)33-25(31)29-18-21(32-20-9-11-22(34-4)12-10-20)17-23(29)24(30)28-14-6-13-27(15-16-28)19-7-5-8-19/h9-12,19,21,23H,5-8,13-18H2,1-4H3/t21?,23-/m0/s1. The van der Waals surface area contributed by atoms with E-state index in [1.54, 1.807) is 16.7 Å². The molecule has 188 valence electrons. The first-order valence-electron chi connectivity index (χ1n) is 12.6. The number of hydrogen-bond acceptors (Lipinski definition) is 6. The molecule has 2 heterocycles. The number of carbonyl (C=O) groups is 2. The number of nitrogens with zero attached hydrogens (tertiary/aromatic N) is 3. The topological polar surface area (TPSA) is 62.3 Å². The smallest absolute Gasteiger partial charge is 0.411 e. The van der Waals surface area contributed by atoms with E-state index in [-0.39, 0.29) is 12.0 Å². The molecule has 0 N–H and O–H groups in total. The summed E-state index contributed by atoms with van der Waals surface area (Å²) in [5.74, 6) is 0.774. The molecule has 1 aliphatic carbocycles. The molecule has 0 radical (unpaired) electrons. The SMILES string of the molecule is CSc1ccc(OC2C[C@@H](C(=O)N3CCCN(C4CCC4)CC3)N(C(=O)OC(C)(C)C)C2)cc1. The van der Waals surface area contributed by atoms with Gasteiger partial charge in [-0.05, 0) is 70.6 Å². The Kier molecular flexibility index (Phi) is 7.97. The van der Waals surface area contributed by atoms with Gasteiger partial charge in [0, 0.05) is 43.5 Å². The molecule has 4 rings (SSSR count). The first-order valence-corrected chi connectivity index (χ1v) is 13.8. The van der Waals surface area contributed by atoms with Gasteiger partial charge >= 0.3 is 6.09 Å². The fourth-order valence-electron chi connectivity index (χ4n) is 4.97. The van der Waals surface area contributed by atoms with Crippen molar-refractivity contribution in [2.24, 2.45) is 0 Å². The lowest BCUT2D eigenvalue weighted by Crippen LogP contribution is -2.50. The van der Waals surface area contributed by atoms with Gasteiger partial charge in [0.2, 0.25) is 5.91 Å². The molecule has 3 aliphatic rings. The lowest BCUT2D eigenvalue weighted by atomic mass is 9.91. The van der Waals surface area contributed by atoms with Crippen LogP contribution in [0.3, 0.4) is 0 Å². The Morgan fingerprint density at radius 1 is 1.00 bits per heavy atom. The zero-order valence-corrected chi connectivity index (χ0v) is 21.8. The molecule has 2 atom stereocenters. The number of thioether (sulfide) groups is 1. The fourth-order valence-corrected chi connectivity index (χ4v) is 5.38. The average Bonchev–Trinajstić information content (AvgIpc) is 3.02. The summed E-state index contributed by atoms with van der Waals surface area (Å²) in [6.45, 7) is 9.31. The third kappa shape index (κ3) is 6.19. The van der Waals surface area contributed by atoms with Gasteiger partial charge in [0.15, 0.2) is 0 Å². The van der Waals surface area contributed by atoms with Crippen LogP contribution in [0.2, 0.25) is 0 Å². The predicted molar refractivity (Wildman–Crippen MR) is 134 cm³/mol. The summed E-state index contributed by atoms with van der Waals surface area (Å²) in [5, 5.41) is 0. The van der Waals surface area contributed by atoms with Crippen molar-refractivity contribution < 1.29 is 19.1 Å². The van der Waals surface area contributed by atoms with E-state index in [1.807, 2.05) is 56.2 Å². The summed E-state index contributed by atoms with van der Waals surface area (Å²) in [6.07, 6.45) is 6.67. The van der Waals surface area contributed by atoms with Gasteiger partial charge in [-0.2, -0.15) is 0 Å². The van der Waals surface area contributed by atoms with Gasteiger partial charge in [0.05, 0.1) is 6.54 Å². The first kappa shape index (κ1) is 25.2. The second kappa shape index (κ2) is 10.8. The third-order valence-corrected chi connectivity index (χ3v) is 7.71. The second-order valence-corrected chi connectivity index (χ2v) is 11.5. The van der Waals surface area contributed by atoms with Gasteiger partial charge in [-0.1, -0.05) is 6.42 Å². The van der Waals surface area contributed by atoms with E-state index in [1.165, 1.54) is 24.2 Å². The van der Waals surface area contributed by atoms with E-state index in [0.29, 0.717) is 19.0 Å². The molecule has 0 bridgehead atoms. The highest BCUT2D eigenvalue weighted by Gasteiger charge is 2.44. The second-order valence-electron chi connectivity index (χ2n) is 10.6. The Balaban J connectivity index is 1.44. The van der Waals surface area contributed by atoms with E-state index in [4.69, 9.17) is 9.47 Å². The van der Waals surface area contributed by atoms with Crippen LogP contribution < -0.4 is 4.74 Å². The largest absolute Gasteiger partial charge is 0.488 e. The summed E-state index contributed by atoms with van der Waals surface area (Å²) in [7, 11) is 0. The minimum atomic E-state index is -0.622. The van der Waals surface area contributed by atoms with E-state index in [0.717, 1.165) is 38.3 Å². The molecule has 1 aromatic rings. The van der Waals surface area contributed by atoms with Crippen LogP contribution in [0.15, 0.2) is 29.2 Å². The molecule has 2 aliphatic heterocycles. The van der Waals surface area contributed by atoms with Crippen LogP contribution in [-0.4, -0.2) is 89.5 Å². The zero-order valence-electron chi connectivity index (χ0n) is 21.0. The molecule has 7 nitrogen and oxygen atoms in total. The molecule has 0 spiro atoms. The Hall–Kier alpha value is -1.93. The quantitative estimate of drug-likeness (QED) is 0.576. The van der Waals surface area contributed by atoms with Gasteiger partial charge in [-0.25, -0.2) is 4.79 Å². The number of amides is 2. The lowest BCUT2D eigenvalue weighted by Gasteiger charge is -2.37. The number of hydrogen-bond donors (Lipinski definition) is 0. The first-order chi connectivity index (χ1) is 16.2.